The molecular weight excluding hydrogens is 440 g/mol. The van der Waals surface area contributed by atoms with E-state index in [-0.39, 0.29) is 11.9 Å². The molecule has 2 rings (SSSR count). The van der Waals surface area contributed by atoms with Gasteiger partial charge in [-0.05, 0) is 56.8 Å². The summed E-state index contributed by atoms with van der Waals surface area (Å²) in [6.45, 7) is 0.626. The second-order valence-electron chi connectivity index (χ2n) is 5.51. The van der Waals surface area contributed by atoms with E-state index in [9.17, 15) is 9.59 Å². The number of aromatic nitrogens is 1. The summed E-state index contributed by atoms with van der Waals surface area (Å²) in [4.78, 5) is 26.4. The minimum absolute atomic E-state index is 0.0787. The Morgan fingerprint density at radius 3 is 2.58 bits per heavy atom. The maximum Gasteiger partial charge on any atom is 0.305 e. The fourth-order valence-electron chi connectivity index (χ4n) is 2.45. The summed E-state index contributed by atoms with van der Waals surface area (Å²) in [6.07, 6.45) is 5.84. The number of halogens is 2. The highest BCUT2D eigenvalue weighted by atomic mass is 79.9. The molecule has 2 N–H and O–H groups in total. The lowest BCUT2D eigenvalue weighted by molar-refractivity contribution is -0.140. The zero-order chi connectivity index (χ0) is 17.5. The lowest BCUT2D eigenvalue weighted by Crippen LogP contribution is -2.24. The predicted molar refractivity (Wildman–Crippen MR) is 101 cm³/mol. The summed E-state index contributed by atoms with van der Waals surface area (Å²) >= 11 is 6.91. The van der Waals surface area contributed by atoms with E-state index in [0.29, 0.717) is 18.5 Å². The van der Waals surface area contributed by atoms with Gasteiger partial charge >= 0.3 is 5.97 Å². The number of aromatic amines is 1. The van der Waals surface area contributed by atoms with Gasteiger partial charge < -0.3 is 15.0 Å². The summed E-state index contributed by atoms with van der Waals surface area (Å²) < 4.78 is 6.45. The fraction of sp³-hybridized carbons (Fsp3) is 0.412. The minimum Gasteiger partial charge on any atom is -0.469 e. The standard InChI is InChI=1S/C17H20Br2N2O3/c1-24-16(22)6-4-2-3-5-7-20-17(23)12-10-21-15-9-14(19)13(18)8-11(12)15/h8-10,21H,2-7H2,1H3,(H,20,23). The van der Waals surface area contributed by atoms with Crippen LogP contribution in [-0.4, -0.2) is 30.5 Å². The van der Waals surface area contributed by atoms with Crippen LogP contribution in [0.1, 0.15) is 42.5 Å². The van der Waals surface area contributed by atoms with E-state index in [1.165, 1.54) is 7.11 Å². The molecule has 5 nitrogen and oxygen atoms in total. The molecule has 0 spiro atoms. The van der Waals surface area contributed by atoms with Crippen LogP contribution >= 0.6 is 31.9 Å². The monoisotopic (exact) mass is 458 g/mol. The molecule has 1 heterocycles. The lowest BCUT2D eigenvalue weighted by Gasteiger charge is -2.05. The van der Waals surface area contributed by atoms with Gasteiger partial charge in [0.2, 0.25) is 0 Å². The highest BCUT2D eigenvalue weighted by Crippen LogP contribution is 2.30. The van der Waals surface area contributed by atoms with E-state index in [1.807, 2.05) is 12.1 Å². The highest BCUT2D eigenvalue weighted by molar-refractivity contribution is 9.13. The second-order valence-corrected chi connectivity index (χ2v) is 7.22. The van der Waals surface area contributed by atoms with Crippen LogP contribution in [0.5, 0.6) is 0 Å². The quantitative estimate of drug-likeness (QED) is 0.449. The van der Waals surface area contributed by atoms with Crippen LogP contribution in [-0.2, 0) is 9.53 Å². The average Bonchev–Trinajstić information content (AvgIpc) is 2.96. The van der Waals surface area contributed by atoms with Crippen LogP contribution < -0.4 is 5.32 Å². The van der Waals surface area contributed by atoms with Crippen LogP contribution in [0, 0.1) is 0 Å². The number of hydrogen-bond donors (Lipinski definition) is 2. The molecule has 0 saturated carbocycles. The summed E-state index contributed by atoms with van der Waals surface area (Å²) in [5, 5.41) is 3.83. The number of methoxy groups -OCH3 is 1. The van der Waals surface area contributed by atoms with Gasteiger partial charge in [0.05, 0.1) is 12.7 Å². The Bertz CT molecular complexity index is 728. The Balaban J connectivity index is 1.77. The SMILES string of the molecule is COC(=O)CCCCCCNC(=O)c1c[nH]c2cc(Br)c(Br)cc12. The summed E-state index contributed by atoms with van der Waals surface area (Å²) in [7, 11) is 1.40. The number of amides is 1. The molecule has 0 aliphatic carbocycles. The van der Waals surface area contributed by atoms with Gasteiger partial charge in [-0.15, -0.1) is 0 Å². The lowest BCUT2D eigenvalue weighted by atomic mass is 10.1. The third-order valence-electron chi connectivity index (χ3n) is 3.79. The van der Waals surface area contributed by atoms with E-state index < -0.39 is 0 Å². The number of fused-ring (bicyclic) bond motifs is 1. The van der Waals surface area contributed by atoms with Gasteiger partial charge in [-0.25, -0.2) is 0 Å². The number of H-pyrrole nitrogens is 1. The number of carbonyl (C=O) groups is 2. The molecule has 24 heavy (non-hydrogen) atoms. The van der Waals surface area contributed by atoms with Crippen molar-refractivity contribution < 1.29 is 14.3 Å². The number of ether oxygens (including phenoxy) is 1. The minimum atomic E-state index is -0.166. The van der Waals surface area contributed by atoms with Gasteiger partial charge in [0.1, 0.15) is 0 Å². The van der Waals surface area contributed by atoms with Crippen molar-refractivity contribution in [2.24, 2.45) is 0 Å². The molecule has 1 aromatic heterocycles. The van der Waals surface area contributed by atoms with E-state index in [1.54, 1.807) is 6.20 Å². The number of esters is 1. The Kier molecular flexibility index (Phi) is 7.30. The van der Waals surface area contributed by atoms with Crippen LogP contribution in [0.15, 0.2) is 27.3 Å². The first-order chi connectivity index (χ1) is 11.5. The molecule has 0 aliphatic heterocycles. The van der Waals surface area contributed by atoms with Crippen molar-refractivity contribution in [2.45, 2.75) is 32.1 Å². The smallest absolute Gasteiger partial charge is 0.305 e. The van der Waals surface area contributed by atoms with Gasteiger partial charge in [0, 0.05) is 39.0 Å². The molecule has 2 aromatic rings. The van der Waals surface area contributed by atoms with E-state index in [0.717, 1.165) is 45.5 Å². The predicted octanol–water partition coefficient (Wildman–Crippen LogP) is 4.55. The number of benzene rings is 1. The molecule has 0 aliphatic rings. The zero-order valence-electron chi connectivity index (χ0n) is 13.5. The molecule has 0 fully saturated rings. The molecule has 130 valence electrons. The molecule has 1 amide bonds. The Morgan fingerprint density at radius 2 is 1.83 bits per heavy atom. The van der Waals surface area contributed by atoms with Gasteiger partial charge in [0.25, 0.3) is 5.91 Å². The van der Waals surface area contributed by atoms with Crippen molar-refractivity contribution in [1.29, 1.82) is 0 Å². The maximum atomic E-state index is 12.3. The first-order valence-electron chi connectivity index (χ1n) is 7.84. The number of rotatable bonds is 8. The van der Waals surface area contributed by atoms with Crippen LogP contribution in [0.2, 0.25) is 0 Å². The first-order valence-corrected chi connectivity index (χ1v) is 9.42. The fourth-order valence-corrected chi connectivity index (χ4v) is 3.14. The highest BCUT2D eigenvalue weighted by Gasteiger charge is 2.13. The topological polar surface area (TPSA) is 71.2 Å². The summed E-state index contributed by atoms with van der Waals surface area (Å²) in [5.74, 6) is -0.245. The van der Waals surface area contributed by atoms with Gasteiger partial charge in [-0.1, -0.05) is 12.8 Å². The third kappa shape index (κ3) is 5.08. The van der Waals surface area contributed by atoms with Crippen molar-refractivity contribution in [3.8, 4) is 0 Å². The Labute approximate surface area is 157 Å². The van der Waals surface area contributed by atoms with Crippen molar-refractivity contribution in [2.75, 3.05) is 13.7 Å². The molecule has 0 unspecified atom stereocenters. The molecule has 1 aromatic carbocycles. The van der Waals surface area contributed by atoms with Crippen molar-refractivity contribution in [3.05, 3.63) is 32.8 Å². The maximum absolute atomic E-state index is 12.3. The van der Waals surface area contributed by atoms with E-state index in [4.69, 9.17) is 0 Å². The second kappa shape index (κ2) is 9.22. The van der Waals surface area contributed by atoms with Crippen LogP contribution in [0.25, 0.3) is 10.9 Å². The molecule has 0 saturated heterocycles. The number of unbranched alkanes of at least 4 members (excludes halogenated alkanes) is 3. The summed E-state index contributed by atoms with van der Waals surface area (Å²) in [5.41, 5.74) is 1.56. The third-order valence-corrected chi connectivity index (χ3v) is 5.63. The van der Waals surface area contributed by atoms with Crippen LogP contribution in [0.3, 0.4) is 0 Å². The average molecular weight is 460 g/mol. The van der Waals surface area contributed by atoms with Crippen molar-refractivity contribution in [3.63, 3.8) is 0 Å². The molecule has 0 atom stereocenters. The largest absolute Gasteiger partial charge is 0.469 e. The van der Waals surface area contributed by atoms with Gasteiger partial charge in [-0.3, -0.25) is 9.59 Å². The summed E-state index contributed by atoms with van der Waals surface area (Å²) in [6, 6.07) is 3.87. The van der Waals surface area contributed by atoms with Crippen molar-refractivity contribution >= 4 is 54.6 Å². The normalized spacial score (nSPS) is 10.8. The molecule has 0 bridgehead atoms. The molecule has 7 heteroatoms. The zero-order valence-corrected chi connectivity index (χ0v) is 16.6. The van der Waals surface area contributed by atoms with Crippen LogP contribution in [0.4, 0.5) is 0 Å². The van der Waals surface area contributed by atoms with Gasteiger partial charge in [0.15, 0.2) is 0 Å². The Morgan fingerprint density at radius 1 is 1.12 bits per heavy atom. The van der Waals surface area contributed by atoms with Crippen molar-refractivity contribution in [1.82, 2.24) is 10.3 Å². The number of nitrogens with one attached hydrogen (secondary N) is 2. The number of hydrogen-bond acceptors (Lipinski definition) is 3. The number of carbonyl (C=O) groups excluding carboxylic acids is 2. The van der Waals surface area contributed by atoms with E-state index >= 15 is 0 Å². The molecule has 0 radical (unpaired) electrons. The Hall–Kier alpha value is -1.34. The van der Waals surface area contributed by atoms with Gasteiger partial charge in [-0.2, -0.15) is 0 Å². The first kappa shape index (κ1) is 19.0. The van der Waals surface area contributed by atoms with E-state index in [2.05, 4.69) is 46.9 Å². The molecular formula is C17H20Br2N2O3.